The number of benzene rings is 14. The zero-order chi connectivity index (χ0) is 56.0. The predicted octanol–water partition coefficient (Wildman–Crippen LogP) is 25.3. The van der Waals surface area contributed by atoms with E-state index >= 15 is 0 Å². The van der Waals surface area contributed by atoms with Crippen molar-refractivity contribution in [3.63, 3.8) is 0 Å². The van der Waals surface area contributed by atoms with Crippen molar-refractivity contribution in [2.24, 2.45) is 0 Å². The average Bonchev–Trinajstić information content (AvgIpc) is 2.12. The van der Waals surface area contributed by atoms with Crippen molar-refractivity contribution >= 4 is 161 Å². The molecule has 0 nitrogen and oxygen atoms in total. The van der Waals surface area contributed by atoms with Crippen LogP contribution in [-0.2, 0) is 21.7 Å². The normalized spacial score (nSPS) is 13.2. The second kappa shape index (κ2) is 17.8. The van der Waals surface area contributed by atoms with Gasteiger partial charge in [-0.05, 0) is 222 Å². The van der Waals surface area contributed by atoms with E-state index in [-0.39, 0.29) is 21.7 Å². The minimum absolute atomic E-state index is 0.0153. The Hall–Kier alpha value is -5.88. The molecule has 0 N–H and O–H groups in total. The maximum atomic E-state index is 4.15. The molecular weight excluding hydrogens is 1230 g/mol. The maximum Gasteiger partial charge on any atom is 0.0265 e. The molecule has 0 amide bonds. The van der Waals surface area contributed by atoms with Crippen molar-refractivity contribution in [1.82, 2.24) is 0 Å². The molecule has 0 heterocycles. The van der Waals surface area contributed by atoms with Gasteiger partial charge in [-0.15, -0.1) is 0 Å². The van der Waals surface area contributed by atoms with Gasteiger partial charge in [0.25, 0.3) is 0 Å². The van der Waals surface area contributed by atoms with E-state index in [0.717, 1.165) is 17.9 Å². The van der Waals surface area contributed by atoms with Crippen molar-refractivity contribution < 1.29 is 0 Å². The molecule has 0 bridgehead atoms. The van der Waals surface area contributed by atoms with Gasteiger partial charge in [0.15, 0.2) is 0 Å². The van der Waals surface area contributed by atoms with Crippen molar-refractivity contribution in [2.45, 2.75) is 105 Å². The van der Waals surface area contributed by atoms with Crippen LogP contribution in [0.5, 0.6) is 0 Å². The monoisotopic (exact) mass is 1290 g/mol. The summed E-state index contributed by atoms with van der Waals surface area (Å²) in [6.07, 6.45) is 0. The van der Waals surface area contributed by atoms with E-state index in [4.69, 9.17) is 0 Å². The highest BCUT2D eigenvalue weighted by Gasteiger charge is 2.30. The third kappa shape index (κ3) is 7.81. The summed E-state index contributed by atoms with van der Waals surface area (Å²) >= 11 is 16.6. The minimum atomic E-state index is 0.0153. The Morgan fingerprint density at radius 1 is 0.200 bits per heavy atom. The maximum absolute atomic E-state index is 4.15. The standard InChI is InChI=1S/C76H62Br4/c1-73(2,3)43-21-13-39(14-22-43)51-33-55-59(77)37-60(78)56-34-52(40-15-23-44(24-16-40)74(4,5)6)66-48-31-32-50-64-49(30-29-47(63(48)64)65(51)71(66)69(55)56)67-53(41-17-25-45(26-18-41)75(7,8)9)35-57-61(79)38-62(80)58-36-54(68(50)72(67)70(57)58)42-19-27-46(28-20-42)76(10,11)12/h13-38H,1-12H3. The lowest BCUT2D eigenvalue weighted by Crippen LogP contribution is -2.10. The van der Waals surface area contributed by atoms with E-state index in [1.807, 2.05) is 0 Å². The van der Waals surface area contributed by atoms with E-state index in [0.29, 0.717) is 0 Å². The molecule has 394 valence electrons. The largest absolute Gasteiger partial charge is 0.0579 e. The van der Waals surface area contributed by atoms with E-state index in [2.05, 4.69) is 305 Å². The Morgan fingerprint density at radius 3 is 0.575 bits per heavy atom. The zero-order valence-corrected chi connectivity index (χ0v) is 53.9. The highest BCUT2D eigenvalue weighted by atomic mass is 79.9. The summed E-state index contributed by atoms with van der Waals surface area (Å²) in [5.41, 5.74) is 15.1. The summed E-state index contributed by atoms with van der Waals surface area (Å²) in [5.74, 6) is 0. The fraction of sp³-hybridized carbons (Fsp3) is 0.211. The molecule has 0 unspecified atom stereocenters. The summed E-state index contributed by atoms with van der Waals surface area (Å²) in [4.78, 5) is 0. The average molecular weight is 1290 g/mol. The van der Waals surface area contributed by atoms with E-state index in [1.54, 1.807) is 0 Å². The molecule has 0 saturated heterocycles. The molecule has 0 saturated carbocycles. The van der Waals surface area contributed by atoms with Gasteiger partial charge in [-0.25, -0.2) is 0 Å². The smallest absolute Gasteiger partial charge is 0.0265 e. The van der Waals surface area contributed by atoms with Gasteiger partial charge in [0.2, 0.25) is 0 Å². The molecule has 14 rings (SSSR count). The first-order valence-electron chi connectivity index (χ1n) is 28.1. The summed E-state index contributed by atoms with van der Waals surface area (Å²) in [5, 5.41) is 22.8. The second-order valence-corrected chi connectivity index (χ2v) is 30.4. The molecule has 0 aliphatic carbocycles. The summed E-state index contributed by atoms with van der Waals surface area (Å²) in [7, 11) is 0. The molecule has 0 atom stereocenters. The molecule has 14 aromatic carbocycles. The molecule has 0 spiro atoms. The molecular formula is C76H62Br4. The van der Waals surface area contributed by atoms with Crippen LogP contribution in [0.2, 0.25) is 0 Å². The van der Waals surface area contributed by atoms with E-state index < -0.39 is 0 Å². The first-order chi connectivity index (χ1) is 37.9. The molecule has 0 fully saturated rings. The lowest BCUT2D eigenvalue weighted by molar-refractivity contribution is 0.590. The molecule has 80 heavy (non-hydrogen) atoms. The van der Waals surface area contributed by atoms with Gasteiger partial charge in [-0.1, -0.05) is 268 Å². The lowest BCUT2D eigenvalue weighted by Gasteiger charge is -2.27. The van der Waals surface area contributed by atoms with Crippen LogP contribution in [0.1, 0.15) is 105 Å². The van der Waals surface area contributed by atoms with Gasteiger partial charge in [0.1, 0.15) is 0 Å². The topological polar surface area (TPSA) is 0 Å². The van der Waals surface area contributed by atoms with Gasteiger partial charge in [-0.3, -0.25) is 0 Å². The Morgan fingerprint density at radius 2 is 0.388 bits per heavy atom. The highest BCUT2D eigenvalue weighted by Crippen LogP contribution is 2.58. The van der Waals surface area contributed by atoms with Gasteiger partial charge < -0.3 is 0 Å². The van der Waals surface area contributed by atoms with Crippen molar-refractivity contribution in [3.8, 4) is 44.5 Å². The Labute approximate surface area is 503 Å². The molecule has 0 radical (unpaired) electrons. The van der Waals surface area contributed by atoms with Crippen LogP contribution in [0.4, 0.5) is 0 Å². The van der Waals surface area contributed by atoms with Crippen LogP contribution in [0.25, 0.3) is 141 Å². The number of halogens is 4. The highest BCUT2D eigenvalue weighted by molar-refractivity contribution is 9.11. The molecule has 0 aromatic heterocycles. The zero-order valence-electron chi connectivity index (χ0n) is 47.5. The fourth-order valence-corrected chi connectivity index (χ4v) is 16.3. The summed E-state index contributed by atoms with van der Waals surface area (Å²) < 4.78 is 4.31. The summed E-state index contributed by atoms with van der Waals surface area (Å²) in [6, 6.07) is 62.1. The third-order valence-electron chi connectivity index (χ3n) is 17.8. The quantitative estimate of drug-likeness (QED) is 0.122. The Kier molecular flexibility index (Phi) is 11.6. The van der Waals surface area contributed by atoms with Crippen LogP contribution in [-0.4, -0.2) is 0 Å². The lowest BCUT2D eigenvalue weighted by atomic mass is 9.77. The Balaban J connectivity index is 1.25. The van der Waals surface area contributed by atoms with Crippen LogP contribution in [0.15, 0.2) is 176 Å². The van der Waals surface area contributed by atoms with Crippen LogP contribution in [0.3, 0.4) is 0 Å². The summed E-state index contributed by atoms with van der Waals surface area (Å²) in [6.45, 7) is 27.7. The van der Waals surface area contributed by atoms with Gasteiger partial charge in [0, 0.05) is 17.9 Å². The number of hydrogen-bond acceptors (Lipinski definition) is 0. The molecule has 14 aromatic rings. The van der Waals surface area contributed by atoms with Crippen molar-refractivity contribution in [3.05, 3.63) is 198 Å². The number of rotatable bonds is 4. The van der Waals surface area contributed by atoms with E-state index in [9.17, 15) is 0 Å². The molecule has 4 heteroatoms. The minimum Gasteiger partial charge on any atom is -0.0579 e. The van der Waals surface area contributed by atoms with E-state index in [1.165, 1.54) is 164 Å². The van der Waals surface area contributed by atoms with Gasteiger partial charge in [-0.2, -0.15) is 0 Å². The van der Waals surface area contributed by atoms with Crippen LogP contribution >= 0.6 is 63.7 Å². The first kappa shape index (κ1) is 52.2. The Bertz CT molecular complexity index is 4270. The SMILES string of the molecule is CC(C)(C)c1ccc(-c2cc3c(Br)cc(Br)c4cc(-c5ccc(C(C)(C)C)cc5)c5c6ccc7c8c(-c9ccc(C(C)(C)C)cc9)cc9c(Br)cc(Br)c%10cc(-c%11ccc(C(C)(C)C)cc%11)c(c%11ccc(c2c5c34)c6c%117)c8c%109)cc1. The molecule has 0 aliphatic rings. The van der Waals surface area contributed by atoms with Gasteiger partial charge >= 0.3 is 0 Å². The van der Waals surface area contributed by atoms with Crippen molar-refractivity contribution in [1.29, 1.82) is 0 Å². The fourth-order valence-electron chi connectivity index (χ4n) is 13.5. The van der Waals surface area contributed by atoms with Crippen LogP contribution in [0, 0.1) is 0 Å². The van der Waals surface area contributed by atoms with Crippen molar-refractivity contribution in [2.75, 3.05) is 0 Å². The van der Waals surface area contributed by atoms with Gasteiger partial charge in [0.05, 0.1) is 0 Å². The van der Waals surface area contributed by atoms with Crippen LogP contribution < -0.4 is 0 Å². The predicted molar refractivity (Wildman–Crippen MR) is 365 cm³/mol. The number of fused-ring (bicyclic) bond motifs is 4. The molecule has 0 aliphatic heterocycles. The number of hydrogen-bond donors (Lipinski definition) is 0. The third-order valence-corrected chi connectivity index (χ3v) is 20.5. The first-order valence-corrected chi connectivity index (χ1v) is 31.2. The second-order valence-electron chi connectivity index (χ2n) is 26.9.